The summed E-state index contributed by atoms with van der Waals surface area (Å²) in [7, 11) is 0. The second-order valence-corrected chi connectivity index (χ2v) is 5.52. The van der Waals surface area contributed by atoms with Crippen LogP contribution in [0.15, 0.2) is 55.0 Å². The summed E-state index contributed by atoms with van der Waals surface area (Å²) in [6, 6.07) is 9.02. The first kappa shape index (κ1) is 16.1. The molecule has 0 radical (unpaired) electrons. The molecule has 3 heterocycles. The fourth-order valence-electron chi connectivity index (χ4n) is 2.59. The monoisotopic (exact) mass is 355 g/mol. The van der Waals surface area contributed by atoms with Crippen molar-refractivity contribution in [3.8, 4) is 11.5 Å². The fourth-order valence-corrected chi connectivity index (χ4v) is 2.59. The van der Waals surface area contributed by atoms with Gasteiger partial charge in [-0.3, -0.25) is 4.40 Å². The van der Waals surface area contributed by atoms with Crippen LogP contribution in [-0.4, -0.2) is 19.4 Å². The largest absolute Gasteiger partial charge is 0.363 e. The molecule has 0 aliphatic rings. The van der Waals surface area contributed by atoms with E-state index in [1.807, 2.05) is 18.2 Å². The first-order valence-corrected chi connectivity index (χ1v) is 7.75. The minimum absolute atomic E-state index is 0.150. The standard InChI is InChI=1S/C18H12F3N5/c19-12-4-3-5-13(20)11(12)8-23-17-14(21)9-24-18(25-17)15-10-22-16-6-1-2-7-26(15)16/h1-7,9-10H,8H2,(H,23,24,25). The van der Waals surface area contributed by atoms with E-state index in [1.54, 1.807) is 16.8 Å². The van der Waals surface area contributed by atoms with Crippen LogP contribution in [0, 0.1) is 17.5 Å². The summed E-state index contributed by atoms with van der Waals surface area (Å²) < 4.78 is 43.2. The summed E-state index contributed by atoms with van der Waals surface area (Å²) in [6.45, 7) is -0.251. The van der Waals surface area contributed by atoms with Gasteiger partial charge < -0.3 is 5.32 Å². The lowest BCUT2D eigenvalue weighted by Gasteiger charge is -2.09. The van der Waals surface area contributed by atoms with Gasteiger partial charge in [0.05, 0.1) is 12.4 Å². The Balaban J connectivity index is 1.67. The van der Waals surface area contributed by atoms with E-state index in [0.717, 1.165) is 18.3 Å². The van der Waals surface area contributed by atoms with Crippen LogP contribution in [0.25, 0.3) is 17.2 Å². The van der Waals surface area contributed by atoms with Gasteiger partial charge >= 0.3 is 0 Å². The molecule has 0 spiro atoms. The van der Waals surface area contributed by atoms with E-state index < -0.39 is 17.5 Å². The Bertz CT molecular complexity index is 1070. The Hall–Kier alpha value is -3.42. The van der Waals surface area contributed by atoms with Crippen LogP contribution in [0.4, 0.5) is 19.0 Å². The molecule has 1 aromatic carbocycles. The topological polar surface area (TPSA) is 55.1 Å². The summed E-state index contributed by atoms with van der Waals surface area (Å²) in [6.07, 6.45) is 4.36. The third kappa shape index (κ3) is 2.85. The Morgan fingerprint density at radius 2 is 1.69 bits per heavy atom. The molecule has 4 aromatic rings. The lowest BCUT2D eigenvalue weighted by Crippen LogP contribution is -2.08. The van der Waals surface area contributed by atoms with E-state index >= 15 is 0 Å². The highest BCUT2D eigenvalue weighted by Crippen LogP contribution is 2.21. The summed E-state index contributed by atoms with van der Waals surface area (Å²) in [5.41, 5.74) is 1.07. The van der Waals surface area contributed by atoms with Crippen molar-refractivity contribution in [2.24, 2.45) is 0 Å². The minimum Gasteiger partial charge on any atom is -0.363 e. The number of pyridine rings is 1. The molecule has 8 heteroatoms. The summed E-state index contributed by atoms with van der Waals surface area (Å²) >= 11 is 0. The molecule has 0 fully saturated rings. The lowest BCUT2D eigenvalue weighted by molar-refractivity contribution is 0.558. The van der Waals surface area contributed by atoms with Crippen LogP contribution < -0.4 is 5.32 Å². The van der Waals surface area contributed by atoms with Crippen LogP contribution in [-0.2, 0) is 6.54 Å². The van der Waals surface area contributed by atoms with E-state index in [1.165, 1.54) is 6.07 Å². The third-order valence-corrected chi connectivity index (χ3v) is 3.88. The van der Waals surface area contributed by atoms with Crippen LogP contribution >= 0.6 is 0 Å². The molecule has 5 nitrogen and oxygen atoms in total. The molecule has 0 aliphatic carbocycles. The van der Waals surface area contributed by atoms with Gasteiger partial charge in [0, 0.05) is 18.3 Å². The van der Waals surface area contributed by atoms with Gasteiger partial charge in [-0.25, -0.2) is 28.1 Å². The minimum atomic E-state index is -0.723. The van der Waals surface area contributed by atoms with Crippen LogP contribution in [0.2, 0.25) is 0 Å². The normalized spacial score (nSPS) is 11.0. The van der Waals surface area contributed by atoms with Gasteiger partial charge in [0.15, 0.2) is 17.5 Å². The molecule has 0 aliphatic heterocycles. The second-order valence-electron chi connectivity index (χ2n) is 5.52. The van der Waals surface area contributed by atoms with Crippen molar-refractivity contribution in [2.45, 2.75) is 6.54 Å². The molecule has 0 atom stereocenters. The van der Waals surface area contributed by atoms with Gasteiger partial charge in [0.2, 0.25) is 0 Å². The number of nitrogens with one attached hydrogen (secondary N) is 1. The molecule has 0 saturated heterocycles. The zero-order chi connectivity index (χ0) is 18.1. The van der Waals surface area contributed by atoms with Crippen LogP contribution in [0.1, 0.15) is 5.56 Å². The molecule has 26 heavy (non-hydrogen) atoms. The molecule has 1 N–H and O–H groups in total. The van der Waals surface area contributed by atoms with Crippen molar-refractivity contribution in [1.29, 1.82) is 0 Å². The molecule has 130 valence electrons. The van der Waals surface area contributed by atoms with Gasteiger partial charge in [-0.1, -0.05) is 12.1 Å². The highest BCUT2D eigenvalue weighted by atomic mass is 19.1. The van der Waals surface area contributed by atoms with Gasteiger partial charge in [-0.05, 0) is 24.3 Å². The van der Waals surface area contributed by atoms with Gasteiger partial charge in [-0.15, -0.1) is 0 Å². The van der Waals surface area contributed by atoms with E-state index in [0.29, 0.717) is 11.3 Å². The van der Waals surface area contributed by atoms with E-state index in [9.17, 15) is 13.2 Å². The quantitative estimate of drug-likeness (QED) is 0.605. The Kier molecular flexibility index (Phi) is 4.00. The Morgan fingerprint density at radius 3 is 2.50 bits per heavy atom. The number of nitrogens with zero attached hydrogens (tertiary/aromatic N) is 4. The summed E-state index contributed by atoms with van der Waals surface area (Å²) in [5.74, 6) is -2.06. The number of halogens is 3. The molecule has 0 unspecified atom stereocenters. The highest BCUT2D eigenvalue weighted by Gasteiger charge is 2.14. The number of anilines is 1. The van der Waals surface area contributed by atoms with Crippen LogP contribution in [0.5, 0.6) is 0 Å². The lowest BCUT2D eigenvalue weighted by atomic mass is 10.2. The van der Waals surface area contributed by atoms with Crippen molar-refractivity contribution >= 4 is 11.5 Å². The summed E-state index contributed by atoms with van der Waals surface area (Å²) in [4.78, 5) is 12.4. The zero-order valence-corrected chi connectivity index (χ0v) is 13.3. The molecule has 3 aromatic heterocycles. The number of aromatic nitrogens is 4. The van der Waals surface area contributed by atoms with E-state index in [2.05, 4.69) is 20.3 Å². The van der Waals surface area contributed by atoms with Crippen molar-refractivity contribution < 1.29 is 13.2 Å². The predicted octanol–water partition coefficient (Wildman–Crippen LogP) is 3.82. The number of benzene rings is 1. The predicted molar refractivity (Wildman–Crippen MR) is 89.9 cm³/mol. The van der Waals surface area contributed by atoms with Crippen molar-refractivity contribution in [1.82, 2.24) is 19.4 Å². The maximum absolute atomic E-state index is 14.0. The van der Waals surface area contributed by atoms with E-state index in [4.69, 9.17) is 0 Å². The van der Waals surface area contributed by atoms with Crippen molar-refractivity contribution in [2.75, 3.05) is 5.32 Å². The van der Waals surface area contributed by atoms with Crippen molar-refractivity contribution in [3.63, 3.8) is 0 Å². The number of fused-ring (bicyclic) bond motifs is 1. The molecule has 0 amide bonds. The first-order valence-electron chi connectivity index (χ1n) is 7.75. The fraction of sp³-hybridized carbons (Fsp3) is 0.0556. The Morgan fingerprint density at radius 1 is 0.885 bits per heavy atom. The van der Waals surface area contributed by atoms with Gasteiger partial charge in [-0.2, -0.15) is 0 Å². The summed E-state index contributed by atoms with van der Waals surface area (Å²) in [5, 5.41) is 2.63. The molecule has 0 saturated carbocycles. The highest BCUT2D eigenvalue weighted by molar-refractivity contribution is 5.58. The number of rotatable bonds is 4. The van der Waals surface area contributed by atoms with Crippen molar-refractivity contribution in [3.05, 3.63) is 78.0 Å². The average molecular weight is 355 g/mol. The maximum Gasteiger partial charge on any atom is 0.183 e. The van der Waals surface area contributed by atoms with Gasteiger partial charge in [0.1, 0.15) is 23.0 Å². The molecular weight excluding hydrogens is 343 g/mol. The SMILES string of the molecule is Fc1cnc(-c2cnc3ccccn23)nc1NCc1c(F)cccc1F. The zero-order valence-electron chi connectivity index (χ0n) is 13.3. The first-order chi connectivity index (χ1) is 12.6. The third-order valence-electron chi connectivity index (χ3n) is 3.88. The Labute approximate surface area is 146 Å². The number of imidazole rings is 1. The van der Waals surface area contributed by atoms with Crippen LogP contribution in [0.3, 0.4) is 0 Å². The molecule has 0 bridgehead atoms. The maximum atomic E-state index is 14.0. The number of hydrogen-bond acceptors (Lipinski definition) is 4. The number of hydrogen-bond donors (Lipinski definition) is 1. The smallest absolute Gasteiger partial charge is 0.183 e. The second kappa shape index (κ2) is 6.47. The molecule has 4 rings (SSSR count). The average Bonchev–Trinajstić information content (AvgIpc) is 3.07. The molecular formula is C18H12F3N5. The van der Waals surface area contributed by atoms with E-state index in [-0.39, 0.29) is 23.8 Å². The van der Waals surface area contributed by atoms with Gasteiger partial charge in [0.25, 0.3) is 0 Å².